The lowest BCUT2D eigenvalue weighted by Crippen LogP contribution is -2.42. The van der Waals surface area contributed by atoms with Gasteiger partial charge in [0, 0.05) is 11.1 Å². The number of nitrogens with zero attached hydrogens (tertiary/aromatic N) is 2. The minimum absolute atomic E-state index is 0.0184. The summed E-state index contributed by atoms with van der Waals surface area (Å²) in [7, 11) is 0. The number of carbonyl (C=O) groups excluding carboxylic acids is 6. The number of rotatable bonds is 8. The summed E-state index contributed by atoms with van der Waals surface area (Å²) < 4.78 is 0. The van der Waals surface area contributed by atoms with Crippen molar-refractivity contribution in [2.45, 2.75) is 27.7 Å². The molecule has 0 fully saturated rings. The van der Waals surface area contributed by atoms with E-state index in [1.807, 2.05) is 0 Å². The minimum Gasteiger partial charge on any atom is -0.294 e. The standard InChI is InChI=1S/C28H26N4O6/c1-15(33)19-11-7-13-23(25(19)17(3)35)31(29)27(37)21-9-5-6-10-22(21)28(38)32(30)24-14-8-12-20(16(2)34)26(24)18(4)36/h5-14H,29-30H2,1-4H3. The van der Waals surface area contributed by atoms with Gasteiger partial charge in [-0.05, 0) is 52.0 Å². The number of Topliss-reactive ketones (excluding diaryl/α,β-unsaturated/α-hetero) is 4. The summed E-state index contributed by atoms with van der Waals surface area (Å²) >= 11 is 0. The number of anilines is 2. The van der Waals surface area contributed by atoms with Crippen molar-refractivity contribution in [3.8, 4) is 0 Å². The Balaban J connectivity index is 2.10. The molecule has 0 spiro atoms. The predicted octanol–water partition coefficient (Wildman–Crippen LogP) is 3.54. The lowest BCUT2D eigenvalue weighted by atomic mass is 9.97. The number of hydrogen-bond donors (Lipinski definition) is 2. The summed E-state index contributed by atoms with van der Waals surface area (Å²) in [5.41, 5.74) is -0.212. The Kier molecular flexibility index (Phi) is 8.10. The Morgan fingerprint density at radius 2 is 0.789 bits per heavy atom. The van der Waals surface area contributed by atoms with Crippen LogP contribution >= 0.6 is 0 Å². The Morgan fingerprint density at radius 1 is 0.474 bits per heavy atom. The molecule has 0 radical (unpaired) electrons. The largest absolute Gasteiger partial charge is 0.294 e. The van der Waals surface area contributed by atoms with Gasteiger partial charge in [-0.25, -0.2) is 21.7 Å². The number of hydrogen-bond acceptors (Lipinski definition) is 8. The predicted molar refractivity (Wildman–Crippen MR) is 141 cm³/mol. The van der Waals surface area contributed by atoms with Gasteiger partial charge in [-0.15, -0.1) is 0 Å². The van der Waals surface area contributed by atoms with E-state index in [1.54, 1.807) is 0 Å². The Bertz CT molecular complexity index is 1400. The molecule has 38 heavy (non-hydrogen) atoms. The molecular formula is C28H26N4O6. The fourth-order valence-corrected chi connectivity index (χ4v) is 4.14. The summed E-state index contributed by atoms with van der Waals surface area (Å²) in [4.78, 5) is 75.9. The van der Waals surface area contributed by atoms with Gasteiger partial charge in [0.1, 0.15) is 0 Å². The van der Waals surface area contributed by atoms with Crippen LogP contribution in [-0.4, -0.2) is 34.9 Å². The first-order valence-electron chi connectivity index (χ1n) is 11.5. The Labute approximate surface area is 218 Å². The average Bonchev–Trinajstić information content (AvgIpc) is 2.90. The van der Waals surface area contributed by atoms with Gasteiger partial charge in [0.05, 0.1) is 33.6 Å². The summed E-state index contributed by atoms with van der Waals surface area (Å²) in [6.07, 6.45) is 0. The number of hydrazine groups is 2. The molecule has 194 valence electrons. The number of carbonyl (C=O) groups is 6. The zero-order valence-corrected chi connectivity index (χ0v) is 21.3. The van der Waals surface area contributed by atoms with Gasteiger partial charge in [-0.2, -0.15) is 0 Å². The highest BCUT2D eigenvalue weighted by Crippen LogP contribution is 2.28. The normalized spacial score (nSPS) is 10.5. The monoisotopic (exact) mass is 514 g/mol. The fraction of sp³-hybridized carbons (Fsp3) is 0.143. The fourth-order valence-electron chi connectivity index (χ4n) is 4.14. The van der Waals surface area contributed by atoms with Crippen LogP contribution in [0.3, 0.4) is 0 Å². The van der Waals surface area contributed by atoms with Gasteiger partial charge in [0.2, 0.25) is 0 Å². The first kappa shape index (κ1) is 27.8. The second-order valence-electron chi connectivity index (χ2n) is 8.52. The molecule has 10 nitrogen and oxygen atoms in total. The van der Waals surface area contributed by atoms with E-state index < -0.39 is 23.4 Å². The van der Waals surface area contributed by atoms with E-state index in [1.165, 1.54) is 88.4 Å². The third-order valence-corrected chi connectivity index (χ3v) is 5.89. The first-order chi connectivity index (χ1) is 17.9. The van der Waals surface area contributed by atoms with Crippen molar-refractivity contribution in [2.24, 2.45) is 11.7 Å². The van der Waals surface area contributed by atoms with Crippen molar-refractivity contribution in [1.29, 1.82) is 0 Å². The van der Waals surface area contributed by atoms with Crippen molar-refractivity contribution in [3.63, 3.8) is 0 Å². The van der Waals surface area contributed by atoms with E-state index in [4.69, 9.17) is 11.7 Å². The van der Waals surface area contributed by atoms with Crippen molar-refractivity contribution >= 4 is 46.3 Å². The smallest absolute Gasteiger partial charge is 0.273 e. The van der Waals surface area contributed by atoms with Crippen LogP contribution in [0.25, 0.3) is 0 Å². The van der Waals surface area contributed by atoms with Crippen LogP contribution in [0, 0.1) is 0 Å². The minimum atomic E-state index is -0.852. The summed E-state index contributed by atoms with van der Waals surface area (Å²) in [5, 5.41) is 1.38. The maximum Gasteiger partial charge on any atom is 0.273 e. The molecule has 0 saturated carbocycles. The van der Waals surface area contributed by atoms with Gasteiger partial charge >= 0.3 is 0 Å². The molecule has 0 unspecified atom stereocenters. The molecular weight excluding hydrogens is 488 g/mol. The molecule has 0 aliphatic carbocycles. The lowest BCUT2D eigenvalue weighted by Gasteiger charge is -2.24. The van der Waals surface area contributed by atoms with E-state index in [0.29, 0.717) is 10.0 Å². The highest BCUT2D eigenvalue weighted by Gasteiger charge is 2.29. The highest BCUT2D eigenvalue weighted by molar-refractivity contribution is 6.20. The molecule has 0 aliphatic rings. The van der Waals surface area contributed by atoms with Crippen molar-refractivity contribution < 1.29 is 28.8 Å². The van der Waals surface area contributed by atoms with E-state index in [0.717, 1.165) is 0 Å². The van der Waals surface area contributed by atoms with Crippen LogP contribution in [0.1, 0.15) is 89.8 Å². The number of ketones is 4. The van der Waals surface area contributed by atoms with Gasteiger partial charge in [-0.1, -0.05) is 36.4 Å². The number of amides is 2. The molecule has 4 N–H and O–H groups in total. The number of nitrogens with two attached hydrogens (primary N) is 2. The zero-order chi connectivity index (χ0) is 28.3. The van der Waals surface area contributed by atoms with Crippen molar-refractivity contribution in [3.05, 3.63) is 94.0 Å². The first-order valence-corrected chi connectivity index (χ1v) is 11.5. The van der Waals surface area contributed by atoms with E-state index >= 15 is 0 Å². The van der Waals surface area contributed by atoms with E-state index in [-0.39, 0.29) is 56.3 Å². The molecule has 0 aromatic heterocycles. The van der Waals surface area contributed by atoms with Crippen molar-refractivity contribution in [1.82, 2.24) is 0 Å². The SMILES string of the molecule is CC(=O)c1cccc(N(N)C(=O)c2ccccc2C(=O)N(N)c2cccc(C(C)=O)c2C(C)=O)c1C(C)=O. The molecule has 0 heterocycles. The highest BCUT2D eigenvalue weighted by atomic mass is 16.2. The van der Waals surface area contributed by atoms with Crippen LogP contribution in [-0.2, 0) is 0 Å². The van der Waals surface area contributed by atoms with Crippen LogP contribution in [0.4, 0.5) is 11.4 Å². The summed E-state index contributed by atoms with van der Waals surface area (Å²) in [5.74, 6) is 8.83. The van der Waals surface area contributed by atoms with Crippen LogP contribution in [0.5, 0.6) is 0 Å². The van der Waals surface area contributed by atoms with Gasteiger partial charge < -0.3 is 0 Å². The molecule has 2 amide bonds. The third kappa shape index (κ3) is 5.17. The molecule has 3 rings (SSSR count). The maximum absolute atomic E-state index is 13.5. The quantitative estimate of drug-likeness (QED) is 0.200. The molecule has 3 aromatic rings. The molecule has 0 aliphatic heterocycles. The topological polar surface area (TPSA) is 161 Å². The zero-order valence-electron chi connectivity index (χ0n) is 21.3. The lowest BCUT2D eigenvalue weighted by molar-refractivity contribution is 0.0951. The summed E-state index contributed by atoms with van der Waals surface area (Å²) in [6.45, 7) is 5.06. The second-order valence-corrected chi connectivity index (χ2v) is 8.52. The molecule has 0 atom stereocenters. The van der Waals surface area contributed by atoms with Gasteiger partial charge in [-0.3, -0.25) is 28.8 Å². The van der Waals surface area contributed by atoms with Gasteiger partial charge in [0.15, 0.2) is 23.1 Å². The van der Waals surface area contributed by atoms with Crippen LogP contribution in [0.15, 0.2) is 60.7 Å². The van der Waals surface area contributed by atoms with Crippen molar-refractivity contribution in [2.75, 3.05) is 10.0 Å². The molecule has 0 bridgehead atoms. The summed E-state index contributed by atoms with van der Waals surface area (Å²) in [6, 6.07) is 14.4. The third-order valence-electron chi connectivity index (χ3n) is 5.89. The Morgan fingerprint density at radius 3 is 1.08 bits per heavy atom. The van der Waals surface area contributed by atoms with Crippen LogP contribution < -0.4 is 21.7 Å². The molecule has 10 heteroatoms. The van der Waals surface area contributed by atoms with E-state index in [9.17, 15) is 28.8 Å². The molecule has 3 aromatic carbocycles. The molecule has 0 saturated heterocycles. The van der Waals surface area contributed by atoms with E-state index in [2.05, 4.69) is 0 Å². The van der Waals surface area contributed by atoms with Gasteiger partial charge in [0.25, 0.3) is 11.8 Å². The number of benzene rings is 3. The Hall–Kier alpha value is -4.80. The van der Waals surface area contributed by atoms with Crippen LogP contribution in [0.2, 0.25) is 0 Å². The average molecular weight is 515 g/mol. The maximum atomic E-state index is 13.5. The second kappa shape index (κ2) is 11.1.